The lowest BCUT2D eigenvalue weighted by Gasteiger charge is -2.08. The fourth-order valence-electron chi connectivity index (χ4n) is 1.30. The fourth-order valence-corrected chi connectivity index (χ4v) is 2.54. The minimum Gasteiger partial charge on any atom is -0.270 e. The molecule has 0 fully saturated rings. The van der Waals surface area contributed by atoms with Gasteiger partial charge in [0.05, 0.1) is 5.69 Å². The van der Waals surface area contributed by atoms with Crippen molar-refractivity contribution in [3.8, 4) is 0 Å². The first-order chi connectivity index (χ1) is 7.67. The molecule has 2 unspecified atom stereocenters. The van der Waals surface area contributed by atoms with E-state index in [1.807, 2.05) is 11.8 Å². The van der Waals surface area contributed by atoms with E-state index in [0.29, 0.717) is 12.0 Å². The molecule has 0 bridgehead atoms. The smallest absolute Gasteiger partial charge is 0.0723 e. The molecule has 2 atom stereocenters. The van der Waals surface area contributed by atoms with Crippen molar-refractivity contribution >= 4 is 23.4 Å². The van der Waals surface area contributed by atoms with Crippen LogP contribution in [0.4, 0.5) is 0 Å². The molecule has 16 heavy (non-hydrogen) atoms. The zero-order valence-corrected chi connectivity index (χ0v) is 11.9. The van der Waals surface area contributed by atoms with Crippen LogP contribution in [0, 0.1) is 5.92 Å². The van der Waals surface area contributed by atoms with Gasteiger partial charge < -0.3 is 0 Å². The van der Waals surface area contributed by atoms with E-state index in [1.165, 1.54) is 5.69 Å². The van der Waals surface area contributed by atoms with Gasteiger partial charge in [-0.2, -0.15) is 16.9 Å². The first-order valence-electron chi connectivity index (χ1n) is 5.85. The average Bonchev–Trinajstić information content (AvgIpc) is 2.76. The molecule has 92 valence electrons. The Labute approximate surface area is 108 Å². The quantitative estimate of drug-likeness (QED) is 0.691. The van der Waals surface area contributed by atoms with E-state index in [2.05, 4.69) is 42.8 Å². The fraction of sp³-hybridized carbons (Fsp3) is 0.750. The molecular formula is C12H21ClN2S. The minimum absolute atomic E-state index is 0.500. The maximum absolute atomic E-state index is 5.77. The summed E-state index contributed by atoms with van der Waals surface area (Å²) in [4.78, 5) is 0. The van der Waals surface area contributed by atoms with Crippen LogP contribution in [0.3, 0.4) is 0 Å². The summed E-state index contributed by atoms with van der Waals surface area (Å²) in [5, 5.41) is 4.57. The van der Waals surface area contributed by atoms with Gasteiger partial charge in [0, 0.05) is 23.9 Å². The molecule has 0 aliphatic carbocycles. The molecule has 1 aromatic heterocycles. The maximum Gasteiger partial charge on any atom is 0.0723 e. The third kappa shape index (κ3) is 4.38. The van der Waals surface area contributed by atoms with Crippen LogP contribution in [0.2, 0.25) is 0 Å². The molecule has 0 aliphatic heterocycles. The zero-order chi connectivity index (χ0) is 12.0. The number of thioether (sulfide) groups is 1. The van der Waals surface area contributed by atoms with Gasteiger partial charge >= 0.3 is 0 Å². The van der Waals surface area contributed by atoms with Gasteiger partial charge in [0.25, 0.3) is 0 Å². The summed E-state index contributed by atoms with van der Waals surface area (Å²) in [7, 11) is 0. The van der Waals surface area contributed by atoms with Crippen LogP contribution < -0.4 is 0 Å². The monoisotopic (exact) mass is 260 g/mol. The van der Waals surface area contributed by atoms with Crippen LogP contribution in [-0.2, 0) is 5.75 Å². The highest BCUT2D eigenvalue weighted by atomic mass is 35.5. The Morgan fingerprint density at radius 2 is 2.25 bits per heavy atom. The Morgan fingerprint density at radius 1 is 1.50 bits per heavy atom. The molecule has 1 heterocycles. The molecular weight excluding hydrogens is 240 g/mol. The van der Waals surface area contributed by atoms with Crippen molar-refractivity contribution in [3.05, 3.63) is 18.0 Å². The average molecular weight is 261 g/mol. The Balaban J connectivity index is 2.35. The second-order valence-electron chi connectivity index (χ2n) is 4.32. The summed E-state index contributed by atoms with van der Waals surface area (Å²) in [6.07, 6.45) is 3.20. The molecule has 0 amide bonds. The lowest BCUT2D eigenvalue weighted by molar-refractivity contribution is 0.475. The van der Waals surface area contributed by atoms with Crippen molar-refractivity contribution in [3.63, 3.8) is 0 Å². The molecule has 4 heteroatoms. The minimum atomic E-state index is 0.500. The summed E-state index contributed by atoms with van der Waals surface area (Å²) in [6, 6.07) is 2.62. The topological polar surface area (TPSA) is 17.8 Å². The molecule has 0 saturated carbocycles. The van der Waals surface area contributed by atoms with Crippen LogP contribution in [-0.4, -0.2) is 21.4 Å². The molecule has 0 spiro atoms. The van der Waals surface area contributed by atoms with Gasteiger partial charge in [0.15, 0.2) is 0 Å². The number of hydrogen-bond donors (Lipinski definition) is 0. The predicted octanol–water partition coefficient (Wildman–Crippen LogP) is 3.96. The number of nitrogens with zero attached hydrogens (tertiary/aromatic N) is 2. The van der Waals surface area contributed by atoms with Crippen molar-refractivity contribution in [1.29, 1.82) is 0 Å². The van der Waals surface area contributed by atoms with Gasteiger partial charge in [0.1, 0.15) is 0 Å². The van der Waals surface area contributed by atoms with E-state index < -0.39 is 0 Å². The van der Waals surface area contributed by atoms with Crippen molar-refractivity contribution in [2.24, 2.45) is 5.92 Å². The van der Waals surface area contributed by atoms with Gasteiger partial charge in [-0.05, 0) is 31.1 Å². The molecule has 1 aromatic rings. The molecule has 0 aliphatic rings. The normalized spacial score (nSPS) is 15.0. The molecule has 0 aromatic carbocycles. The third-order valence-corrected chi connectivity index (χ3v) is 4.45. The summed E-state index contributed by atoms with van der Waals surface area (Å²) < 4.78 is 2.06. The SMILES string of the molecule is CCC(C)n1ccc(CSCC(C)CCl)n1. The standard InChI is InChI=1S/C12H21ClN2S/c1-4-11(3)15-6-5-12(14-15)9-16-8-10(2)7-13/h5-6,10-11H,4,7-9H2,1-3H3. The highest BCUT2D eigenvalue weighted by Gasteiger charge is 2.05. The molecule has 0 N–H and O–H groups in total. The highest BCUT2D eigenvalue weighted by molar-refractivity contribution is 7.98. The molecule has 0 radical (unpaired) electrons. The number of aromatic nitrogens is 2. The summed E-state index contributed by atoms with van der Waals surface area (Å²) >= 11 is 7.68. The lowest BCUT2D eigenvalue weighted by atomic mass is 10.3. The Morgan fingerprint density at radius 3 is 2.88 bits per heavy atom. The van der Waals surface area contributed by atoms with Crippen LogP contribution in [0.5, 0.6) is 0 Å². The highest BCUT2D eigenvalue weighted by Crippen LogP contribution is 2.16. The molecule has 2 nitrogen and oxygen atoms in total. The maximum atomic E-state index is 5.77. The first-order valence-corrected chi connectivity index (χ1v) is 7.54. The molecule has 0 saturated heterocycles. The van der Waals surface area contributed by atoms with E-state index in [0.717, 1.165) is 23.8 Å². The van der Waals surface area contributed by atoms with Gasteiger partial charge in [-0.1, -0.05) is 13.8 Å². The van der Waals surface area contributed by atoms with Crippen molar-refractivity contribution in [2.75, 3.05) is 11.6 Å². The van der Waals surface area contributed by atoms with Crippen LogP contribution in [0.1, 0.15) is 38.9 Å². The van der Waals surface area contributed by atoms with Crippen LogP contribution >= 0.6 is 23.4 Å². The largest absolute Gasteiger partial charge is 0.270 e. The number of rotatable bonds is 7. The summed E-state index contributed by atoms with van der Waals surface area (Å²) in [5.74, 6) is 3.43. The predicted molar refractivity (Wildman–Crippen MR) is 73.3 cm³/mol. The van der Waals surface area contributed by atoms with E-state index in [9.17, 15) is 0 Å². The van der Waals surface area contributed by atoms with Crippen molar-refractivity contribution in [2.45, 2.75) is 39.0 Å². The Hall–Kier alpha value is -0.150. The van der Waals surface area contributed by atoms with E-state index in [4.69, 9.17) is 11.6 Å². The number of alkyl halides is 1. The second-order valence-corrected chi connectivity index (χ2v) is 5.66. The lowest BCUT2D eigenvalue weighted by Crippen LogP contribution is -2.05. The van der Waals surface area contributed by atoms with E-state index in [-0.39, 0.29) is 0 Å². The third-order valence-electron chi connectivity index (χ3n) is 2.62. The Kier molecular flexibility index (Phi) is 6.29. The Bertz CT molecular complexity index is 301. The number of halogens is 1. The second kappa shape index (κ2) is 7.23. The number of hydrogen-bond acceptors (Lipinski definition) is 2. The summed E-state index contributed by atoms with van der Waals surface area (Å²) in [6.45, 7) is 6.56. The zero-order valence-electron chi connectivity index (χ0n) is 10.3. The van der Waals surface area contributed by atoms with E-state index in [1.54, 1.807) is 0 Å². The van der Waals surface area contributed by atoms with Crippen LogP contribution in [0.15, 0.2) is 12.3 Å². The van der Waals surface area contributed by atoms with Gasteiger partial charge in [-0.3, -0.25) is 4.68 Å². The summed E-state index contributed by atoms with van der Waals surface area (Å²) in [5.41, 5.74) is 1.17. The van der Waals surface area contributed by atoms with Crippen LogP contribution in [0.25, 0.3) is 0 Å². The van der Waals surface area contributed by atoms with Gasteiger partial charge in [-0.25, -0.2) is 0 Å². The van der Waals surface area contributed by atoms with E-state index >= 15 is 0 Å². The molecule has 1 rings (SSSR count). The van der Waals surface area contributed by atoms with Gasteiger partial charge in [-0.15, -0.1) is 11.6 Å². The van der Waals surface area contributed by atoms with Gasteiger partial charge in [0.2, 0.25) is 0 Å². The first kappa shape index (κ1) is 13.9. The van der Waals surface area contributed by atoms with Crippen molar-refractivity contribution < 1.29 is 0 Å². The van der Waals surface area contributed by atoms with Crippen molar-refractivity contribution in [1.82, 2.24) is 9.78 Å².